The molecule has 2 amide bonds. The average Bonchev–Trinajstić information content (AvgIpc) is 2.59. The molecule has 1 saturated heterocycles. The number of esters is 2. The fourth-order valence-electron chi connectivity index (χ4n) is 2.97. The molecule has 154 valence electrons. The number of ether oxygens (including phenoxy) is 2. The first-order chi connectivity index (χ1) is 12.5. The largest absolute Gasteiger partial charge is 0.467 e. The molecule has 1 rings (SSSR count). The fraction of sp³-hybridized carbons (Fsp3) is 0.789. The van der Waals surface area contributed by atoms with Gasteiger partial charge in [0.1, 0.15) is 18.0 Å². The van der Waals surface area contributed by atoms with Gasteiger partial charge in [-0.25, -0.2) is 4.79 Å². The summed E-state index contributed by atoms with van der Waals surface area (Å²) in [6, 6.07) is -1.67. The number of hydrogen-bond donors (Lipinski definition) is 2. The number of amides is 2. The van der Waals surface area contributed by atoms with Gasteiger partial charge in [-0.15, -0.1) is 0 Å². The van der Waals surface area contributed by atoms with Gasteiger partial charge < -0.3 is 20.1 Å². The highest BCUT2D eigenvalue weighted by molar-refractivity contribution is 5.97. The Bertz CT molecular complexity index is 575. The van der Waals surface area contributed by atoms with Gasteiger partial charge in [0.05, 0.1) is 7.11 Å². The van der Waals surface area contributed by atoms with Crippen molar-refractivity contribution in [3.05, 3.63) is 0 Å². The lowest BCUT2D eigenvalue weighted by molar-refractivity contribution is -0.193. The summed E-state index contributed by atoms with van der Waals surface area (Å²) in [4.78, 5) is 48.8. The number of carbonyl (C=O) groups is 4. The third-order valence-corrected chi connectivity index (χ3v) is 5.02. The van der Waals surface area contributed by atoms with Crippen LogP contribution >= 0.6 is 0 Å². The van der Waals surface area contributed by atoms with Gasteiger partial charge in [-0.1, -0.05) is 48.0 Å². The van der Waals surface area contributed by atoms with Crippen molar-refractivity contribution >= 4 is 23.8 Å². The summed E-state index contributed by atoms with van der Waals surface area (Å²) in [5, 5.41) is 5.32. The quantitative estimate of drug-likeness (QED) is 0.575. The van der Waals surface area contributed by atoms with E-state index < -0.39 is 41.9 Å². The van der Waals surface area contributed by atoms with E-state index in [-0.39, 0.29) is 23.7 Å². The predicted molar refractivity (Wildman–Crippen MR) is 98.4 cm³/mol. The molecule has 0 aromatic rings. The molecule has 0 spiro atoms. The van der Waals surface area contributed by atoms with Crippen molar-refractivity contribution in [1.29, 1.82) is 0 Å². The van der Waals surface area contributed by atoms with Gasteiger partial charge in [0.15, 0.2) is 6.10 Å². The summed E-state index contributed by atoms with van der Waals surface area (Å²) in [5.41, 5.74) is 0. The van der Waals surface area contributed by atoms with Crippen molar-refractivity contribution in [1.82, 2.24) is 10.6 Å². The first-order valence-corrected chi connectivity index (χ1v) is 9.44. The standard InChI is InChI=1S/C19H32N2O6/c1-8-11(6)12-15(27-18(12)24)17(23)20-13(9(2)3)16(22)21-14(10(4)5)19(25)26-7/h9-15H,8H2,1-7H3,(H,20,23)(H,21,22)/t11-,12?,13?,14?,15?/m0/s1. The van der Waals surface area contributed by atoms with Crippen LogP contribution < -0.4 is 10.6 Å². The van der Waals surface area contributed by atoms with Gasteiger partial charge in [0, 0.05) is 0 Å². The lowest BCUT2D eigenvalue weighted by atomic mass is 9.82. The van der Waals surface area contributed by atoms with Crippen LogP contribution in [-0.4, -0.2) is 49.1 Å². The van der Waals surface area contributed by atoms with Crippen LogP contribution in [0.2, 0.25) is 0 Å². The summed E-state index contributed by atoms with van der Waals surface area (Å²) in [7, 11) is 1.26. The topological polar surface area (TPSA) is 111 Å². The Hall–Kier alpha value is -2.12. The fourth-order valence-corrected chi connectivity index (χ4v) is 2.97. The second kappa shape index (κ2) is 9.71. The summed E-state index contributed by atoms with van der Waals surface area (Å²) in [6.07, 6.45) is -0.143. The van der Waals surface area contributed by atoms with Crippen LogP contribution in [0, 0.1) is 23.7 Å². The lowest BCUT2D eigenvalue weighted by Gasteiger charge is -2.38. The van der Waals surface area contributed by atoms with Crippen LogP contribution in [0.5, 0.6) is 0 Å². The number of cyclic esters (lactones) is 1. The van der Waals surface area contributed by atoms with E-state index in [0.29, 0.717) is 0 Å². The minimum absolute atomic E-state index is 0.0120. The highest BCUT2D eigenvalue weighted by Gasteiger charge is 2.50. The molecule has 4 unspecified atom stereocenters. The Morgan fingerprint density at radius 3 is 2.00 bits per heavy atom. The van der Waals surface area contributed by atoms with Gasteiger partial charge in [-0.05, 0) is 17.8 Å². The lowest BCUT2D eigenvalue weighted by Crippen LogP contribution is -2.61. The Morgan fingerprint density at radius 1 is 1.04 bits per heavy atom. The van der Waals surface area contributed by atoms with E-state index in [1.807, 2.05) is 13.8 Å². The van der Waals surface area contributed by atoms with Gasteiger partial charge in [0.25, 0.3) is 5.91 Å². The van der Waals surface area contributed by atoms with Crippen molar-refractivity contribution in [2.24, 2.45) is 23.7 Å². The van der Waals surface area contributed by atoms with Crippen molar-refractivity contribution < 1.29 is 28.7 Å². The third-order valence-electron chi connectivity index (χ3n) is 5.02. The molecule has 1 aliphatic heterocycles. The van der Waals surface area contributed by atoms with Crippen molar-refractivity contribution in [3.8, 4) is 0 Å². The van der Waals surface area contributed by atoms with E-state index in [1.54, 1.807) is 27.7 Å². The monoisotopic (exact) mass is 384 g/mol. The van der Waals surface area contributed by atoms with Crippen molar-refractivity contribution in [3.63, 3.8) is 0 Å². The molecule has 1 aliphatic rings. The Labute approximate surface area is 160 Å². The second-order valence-electron chi connectivity index (χ2n) is 7.75. The zero-order chi connectivity index (χ0) is 20.9. The number of methoxy groups -OCH3 is 1. The van der Waals surface area contributed by atoms with Gasteiger partial charge in [0.2, 0.25) is 5.91 Å². The van der Waals surface area contributed by atoms with Gasteiger partial charge in [-0.2, -0.15) is 0 Å². The maximum Gasteiger partial charge on any atom is 0.328 e. The van der Waals surface area contributed by atoms with E-state index in [0.717, 1.165) is 6.42 Å². The molecule has 27 heavy (non-hydrogen) atoms. The smallest absolute Gasteiger partial charge is 0.328 e. The minimum Gasteiger partial charge on any atom is -0.467 e. The van der Waals surface area contributed by atoms with Crippen LogP contribution in [0.4, 0.5) is 0 Å². The molecule has 1 heterocycles. The molecule has 1 fully saturated rings. The first kappa shape index (κ1) is 22.9. The van der Waals surface area contributed by atoms with Crippen molar-refractivity contribution in [2.75, 3.05) is 7.11 Å². The zero-order valence-corrected chi connectivity index (χ0v) is 17.2. The van der Waals surface area contributed by atoms with Crippen LogP contribution in [0.1, 0.15) is 48.0 Å². The molecule has 0 saturated carbocycles. The summed E-state index contributed by atoms with van der Waals surface area (Å²) in [6.45, 7) is 11.0. The molecular weight excluding hydrogens is 352 g/mol. The summed E-state index contributed by atoms with van der Waals surface area (Å²) in [5.74, 6) is -2.79. The average molecular weight is 384 g/mol. The Balaban J connectivity index is 2.84. The number of rotatable bonds is 9. The molecule has 0 aliphatic carbocycles. The molecule has 2 N–H and O–H groups in total. The molecular formula is C19H32N2O6. The Morgan fingerprint density at radius 2 is 1.59 bits per heavy atom. The van der Waals surface area contributed by atoms with Crippen molar-refractivity contribution in [2.45, 2.75) is 66.2 Å². The van der Waals surface area contributed by atoms with Gasteiger partial charge >= 0.3 is 11.9 Å². The molecule has 0 aromatic heterocycles. The minimum atomic E-state index is -0.886. The molecule has 0 radical (unpaired) electrons. The van der Waals surface area contributed by atoms with Crippen LogP contribution in [-0.2, 0) is 28.7 Å². The van der Waals surface area contributed by atoms with Gasteiger partial charge in [-0.3, -0.25) is 14.4 Å². The summed E-state index contributed by atoms with van der Waals surface area (Å²) >= 11 is 0. The number of hydrogen-bond acceptors (Lipinski definition) is 6. The highest BCUT2D eigenvalue weighted by Crippen LogP contribution is 2.31. The molecule has 0 aromatic carbocycles. The Kier molecular flexibility index (Phi) is 8.24. The third kappa shape index (κ3) is 5.43. The SMILES string of the molecule is CC[C@H](C)C1C(=O)OC1C(=O)NC(C(=O)NC(C(=O)OC)C(C)C)C(C)C. The first-order valence-electron chi connectivity index (χ1n) is 9.44. The normalized spacial score (nSPS) is 22.3. The van der Waals surface area contributed by atoms with E-state index in [2.05, 4.69) is 10.6 Å². The molecule has 8 nitrogen and oxygen atoms in total. The van der Waals surface area contributed by atoms with Crippen LogP contribution in [0.25, 0.3) is 0 Å². The second-order valence-corrected chi connectivity index (χ2v) is 7.75. The maximum atomic E-state index is 12.7. The maximum absolute atomic E-state index is 12.7. The number of nitrogens with one attached hydrogen (secondary N) is 2. The van der Waals surface area contributed by atoms with E-state index in [9.17, 15) is 19.2 Å². The van der Waals surface area contributed by atoms with Crippen LogP contribution in [0.3, 0.4) is 0 Å². The van der Waals surface area contributed by atoms with E-state index in [1.165, 1.54) is 7.11 Å². The molecule has 0 bridgehead atoms. The zero-order valence-electron chi connectivity index (χ0n) is 17.2. The molecule has 8 heteroatoms. The number of carbonyl (C=O) groups excluding carboxylic acids is 4. The van der Waals surface area contributed by atoms with Crippen LogP contribution in [0.15, 0.2) is 0 Å². The highest BCUT2D eigenvalue weighted by atomic mass is 16.6. The van der Waals surface area contributed by atoms with E-state index in [4.69, 9.17) is 9.47 Å². The summed E-state index contributed by atoms with van der Waals surface area (Å²) < 4.78 is 9.74. The van der Waals surface area contributed by atoms with E-state index >= 15 is 0 Å². The molecule has 5 atom stereocenters. The predicted octanol–water partition coefficient (Wildman–Crippen LogP) is 1.03.